The Labute approximate surface area is 58.7 Å². The maximum absolute atomic E-state index is 10.6. The molecule has 1 unspecified atom stereocenters. The molecule has 0 rings (SSSR count). The predicted octanol–water partition coefficient (Wildman–Crippen LogP) is -0.735. The molecule has 10 heavy (non-hydrogen) atoms. The van der Waals surface area contributed by atoms with Crippen LogP contribution in [0.4, 0.5) is 0 Å². The maximum atomic E-state index is 10.6. The van der Waals surface area contributed by atoms with Crippen molar-refractivity contribution in [1.29, 1.82) is 0 Å². The Hall–Kier alpha value is -1.12. The van der Waals surface area contributed by atoms with Crippen LogP contribution in [0, 0.1) is 0 Å². The van der Waals surface area contributed by atoms with Crippen LogP contribution in [-0.4, -0.2) is 24.6 Å². The van der Waals surface area contributed by atoms with Crippen LogP contribution < -0.4 is 5.73 Å². The Kier molecular flexibility index (Phi) is 4.20. The average Bonchev–Trinajstić information content (AvgIpc) is 1.89. The van der Waals surface area contributed by atoms with Crippen LogP contribution in [0.25, 0.3) is 0 Å². The summed E-state index contributed by atoms with van der Waals surface area (Å²) in [5.74, 6) is 0.800. The zero-order valence-electron chi connectivity index (χ0n) is 5.66. The molecule has 0 saturated heterocycles. The van der Waals surface area contributed by atoms with Gasteiger partial charge in [-0.25, -0.2) is 9.59 Å². The van der Waals surface area contributed by atoms with Crippen molar-refractivity contribution in [3.63, 3.8) is 0 Å². The molecule has 0 aromatic carbocycles. The molecule has 0 aromatic heterocycles. The van der Waals surface area contributed by atoms with E-state index in [1.54, 1.807) is 6.92 Å². The van der Waals surface area contributed by atoms with Crippen molar-refractivity contribution in [2.24, 2.45) is 5.73 Å². The van der Waals surface area contributed by atoms with E-state index in [1.165, 1.54) is 5.94 Å². The van der Waals surface area contributed by atoms with Crippen molar-refractivity contribution in [3.05, 3.63) is 6.08 Å². The highest BCUT2D eigenvalue weighted by Gasteiger charge is 2.09. The van der Waals surface area contributed by atoms with E-state index < -0.39 is 12.0 Å². The van der Waals surface area contributed by atoms with E-state index in [0.29, 0.717) is 0 Å². The fourth-order valence-electron chi connectivity index (χ4n) is 0.380. The molecular formula is C6H9NO3. The number of esters is 1. The largest absolute Gasteiger partial charge is 0.465 e. The van der Waals surface area contributed by atoms with Crippen LogP contribution in [0.2, 0.25) is 0 Å². The van der Waals surface area contributed by atoms with Crippen molar-refractivity contribution in [2.75, 3.05) is 6.61 Å². The molecule has 0 heterocycles. The molecule has 0 fully saturated rings. The van der Waals surface area contributed by atoms with E-state index in [9.17, 15) is 9.59 Å². The second-order valence-electron chi connectivity index (χ2n) is 1.56. The van der Waals surface area contributed by atoms with Crippen LogP contribution in [0.15, 0.2) is 6.08 Å². The molecule has 4 heteroatoms. The van der Waals surface area contributed by atoms with Gasteiger partial charge >= 0.3 is 5.97 Å². The second-order valence-corrected chi connectivity index (χ2v) is 1.56. The Balaban J connectivity index is 3.81. The standard InChI is InChI=1S/C6H9NO3/c1-2-10-6(9)5(7)3-4-8/h3,5H,2,7H2,1H3. The zero-order valence-corrected chi connectivity index (χ0v) is 5.66. The first-order valence-electron chi connectivity index (χ1n) is 2.85. The SMILES string of the molecule is CCOC(=O)C(N)C=C=O. The lowest BCUT2D eigenvalue weighted by molar-refractivity contribution is -0.143. The summed E-state index contributed by atoms with van der Waals surface area (Å²) in [6, 6.07) is -0.975. The van der Waals surface area contributed by atoms with Gasteiger partial charge in [0.15, 0.2) is 0 Å². The van der Waals surface area contributed by atoms with E-state index in [-0.39, 0.29) is 6.61 Å². The van der Waals surface area contributed by atoms with E-state index in [2.05, 4.69) is 4.74 Å². The molecule has 0 aromatic rings. The van der Waals surface area contributed by atoms with Gasteiger partial charge in [0.2, 0.25) is 0 Å². The summed E-state index contributed by atoms with van der Waals surface area (Å²) in [7, 11) is 0. The molecule has 0 saturated carbocycles. The van der Waals surface area contributed by atoms with Gasteiger partial charge in [0.05, 0.1) is 6.61 Å². The Morgan fingerprint density at radius 2 is 2.50 bits per heavy atom. The minimum Gasteiger partial charge on any atom is -0.465 e. The number of carbonyl (C=O) groups is 1. The number of hydrogen-bond acceptors (Lipinski definition) is 4. The average molecular weight is 143 g/mol. The molecular weight excluding hydrogens is 134 g/mol. The summed E-state index contributed by atoms with van der Waals surface area (Å²) in [4.78, 5) is 20.2. The van der Waals surface area contributed by atoms with Crippen LogP contribution >= 0.6 is 0 Å². The van der Waals surface area contributed by atoms with Gasteiger partial charge in [-0.3, -0.25) is 0 Å². The lowest BCUT2D eigenvalue weighted by Gasteiger charge is -2.02. The maximum Gasteiger partial charge on any atom is 0.327 e. The number of hydrogen-bond donors (Lipinski definition) is 1. The summed E-state index contributed by atoms with van der Waals surface area (Å²) in [6.07, 6.45) is 0.915. The first-order valence-corrected chi connectivity index (χ1v) is 2.85. The molecule has 2 N–H and O–H groups in total. The minimum absolute atomic E-state index is 0.263. The Morgan fingerprint density at radius 3 is 2.90 bits per heavy atom. The summed E-state index contributed by atoms with van der Waals surface area (Å²) >= 11 is 0. The van der Waals surface area contributed by atoms with Gasteiger partial charge in [0, 0.05) is 6.08 Å². The Morgan fingerprint density at radius 1 is 1.90 bits per heavy atom. The summed E-state index contributed by atoms with van der Waals surface area (Å²) in [6.45, 7) is 1.93. The topological polar surface area (TPSA) is 69.4 Å². The fourth-order valence-corrected chi connectivity index (χ4v) is 0.380. The lowest BCUT2D eigenvalue weighted by atomic mass is 10.3. The molecule has 1 atom stereocenters. The van der Waals surface area contributed by atoms with Gasteiger partial charge in [0.1, 0.15) is 12.0 Å². The summed E-state index contributed by atoms with van der Waals surface area (Å²) in [5.41, 5.74) is 5.12. The molecule has 0 aliphatic rings. The van der Waals surface area contributed by atoms with E-state index in [0.717, 1.165) is 6.08 Å². The smallest absolute Gasteiger partial charge is 0.327 e. The van der Waals surface area contributed by atoms with Gasteiger partial charge in [-0.15, -0.1) is 0 Å². The quantitative estimate of drug-likeness (QED) is 0.417. The lowest BCUT2D eigenvalue weighted by Crippen LogP contribution is -2.30. The van der Waals surface area contributed by atoms with Gasteiger partial charge in [-0.2, -0.15) is 0 Å². The fraction of sp³-hybridized carbons (Fsp3) is 0.500. The van der Waals surface area contributed by atoms with Crippen LogP contribution in [-0.2, 0) is 14.3 Å². The predicted molar refractivity (Wildman–Crippen MR) is 34.9 cm³/mol. The third kappa shape index (κ3) is 3.02. The van der Waals surface area contributed by atoms with Gasteiger partial charge in [-0.05, 0) is 6.92 Å². The molecule has 0 bridgehead atoms. The first-order chi connectivity index (χ1) is 4.72. The van der Waals surface area contributed by atoms with Crippen molar-refractivity contribution < 1.29 is 14.3 Å². The molecule has 0 aliphatic carbocycles. The van der Waals surface area contributed by atoms with Crippen molar-refractivity contribution >= 4 is 11.9 Å². The molecule has 56 valence electrons. The van der Waals surface area contributed by atoms with E-state index in [1.807, 2.05) is 0 Å². The number of rotatable bonds is 3. The third-order valence-electron chi connectivity index (χ3n) is 0.806. The van der Waals surface area contributed by atoms with Gasteiger partial charge in [-0.1, -0.05) is 0 Å². The number of nitrogens with two attached hydrogens (primary N) is 1. The first kappa shape index (κ1) is 8.88. The molecule has 4 nitrogen and oxygen atoms in total. The second kappa shape index (κ2) is 4.73. The molecule has 0 aliphatic heterocycles. The number of ether oxygens (including phenoxy) is 1. The third-order valence-corrected chi connectivity index (χ3v) is 0.806. The van der Waals surface area contributed by atoms with E-state index >= 15 is 0 Å². The van der Waals surface area contributed by atoms with Crippen LogP contribution in [0.5, 0.6) is 0 Å². The van der Waals surface area contributed by atoms with Crippen LogP contribution in [0.1, 0.15) is 6.92 Å². The summed E-state index contributed by atoms with van der Waals surface area (Å²) < 4.78 is 4.48. The summed E-state index contributed by atoms with van der Waals surface area (Å²) in [5, 5.41) is 0. The highest BCUT2D eigenvalue weighted by atomic mass is 16.5. The van der Waals surface area contributed by atoms with Gasteiger partial charge in [0.25, 0.3) is 0 Å². The van der Waals surface area contributed by atoms with E-state index in [4.69, 9.17) is 5.73 Å². The monoisotopic (exact) mass is 143 g/mol. The Bertz CT molecular complexity index is 160. The van der Waals surface area contributed by atoms with Crippen molar-refractivity contribution in [3.8, 4) is 0 Å². The molecule has 0 spiro atoms. The number of carbonyl (C=O) groups excluding carboxylic acids is 2. The van der Waals surface area contributed by atoms with Crippen LogP contribution in [0.3, 0.4) is 0 Å². The zero-order chi connectivity index (χ0) is 7.98. The highest BCUT2D eigenvalue weighted by molar-refractivity contribution is 5.79. The molecule has 0 amide bonds. The van der Waals surface area contributed by atoms with Gasteiger partial charge < -0.3 is 10.5 Å². The van der Waals surface area contributed by atoms with Crippen molar-refractivity contribution in [2.45, 2.75) is 13.0 Å². The van der Waals surface area contributed by atoms with Crippen molar-refractivity contribution in [1.82, 2.24) is 0 Å². The normalized spacial score (nSPS) is 11.4. The highest BCUT2D eigenvalue weighted by Crippen LogP contribution is 1.84. The minimum atomic E-state index is -0.975. The molecule has 0 radical (unpaired) electrons.